The van der Waals surface area contributed by atoms with Crippen LogP contribution in [0.3, 0.4) is 0 Å². The summed E-state index contributed by atoms with van der Waals surface area (Å²) in [7, 11) is 1.58. The van der Waals surface area contributed by atoms with E-state index in [0.717, 1.165) is 5.56 Å². The van der Waals surface area contributed by atoms with E-state index >= 15 is 0 Å². The second-order valence-corrected chi connectivity index (χ2v) is 7.39. The fraction of sp³-hybridized carbons (Fsp3) is 0.364. The molecule has 0 aliphatic carbocycles. The van der Waals surface area contributed by atoms with Gasteiger partial charge in [-0.15, -0.1) is 0 Å². The quantitative estimate of drug-likeness (QED) is 0.674. The minimum atomic E-state index is -0.662. The predicted octanol–water partition coefficient (Wildman–Crippen LogP) is 3.67. The zero-order chi connectivity index (χ0) is 21.4. The van der Waals surface area contributed by atoms with Gasteiger partial charge in [0, 0.05) is 17.6 Å². The van der Waals surface area contributed by atoms with Gasteiger partial charge in [0.25, 0.3) is 5.91 Å². The molecule has 2 amide bonds. The van der Waals surface area contributed by atoms with Crippen molar-refractivity contribution in [1.29, 1.82) is 0 Å². The molecule has 1 N–H and O–H groups in total. The number of nitrogens with zero attached hydrogens (tertiary/aromatic N) is 1. The molecule has 156 valence electrons. The summed E-state index contributed by atoms with van der Waals surface area (Å²) in [6, 6.07) is 13.5. The number of rotatable bonds is 9. The van der Waals surface area contributed by atoms with Crippen LogP contribution >= 0.6 is 11.6 Å². The van der Waals surface area contributed by atoms with Crippen molar-refractivity contribution in [2.45, 2.75) is 39.4 Å². The summed E-state index contributed by atoms with van der Waals surface area (Å²) < 4.78 is 10.8. The van der Waals surface area contributed by atoms with Gasteiger partial charge in [-0.25, -0.2) is 0 Å². The normalized spacial score (nSPS) is 11.7. The van der Waals surface area contributed by atoms with Gasteiger partial charge >= 0.3 is 0 Å². The van der Waals surface area contributed by atoms with Crippen LogP contribution in [0.25, 0.3) is 0 Å². The van der Waals surface area contributed by atoms with Crippen LogP contribution in [-0.2, 0) is 16.1 Å². The molecule has 6 nitrogen and oxygen atoms in total. The van der Waals surface area contributed by atoms with E-state index in [2.05, 4.69) is 5.32 Å². The Labute approximate surface area is 176 Å². The molecular weight excluding hydrogens is 392 g/mol. The van der Waals surface area contributed by atoms with Crippen LogP contribution in [0.15, 0.2) is 48.5 Å². The summed E-state index contributed by atoms with van der Waals surface area (Å²) in [5.41, 5.74) is 0.855. The molecule has 0 aromatic heterocycles. The summed E-state index contributed by atoms with van der Waals surface area (Å²) in [6.07, 6.45) is 0. The SMILES string of the molecule is COc1cccc(CN(C(=O)COc2ccc(Cl)cc2)C(C)C(=O)NC(C)C)c1. The van der Waals surface area contributed by atoms with E-state index in [4.69, 9.17) is 21.1 Å². The third kappa shape index (κ3) is 6.98. The van der Waals surface area contributed by atoms with Crippen molar-refractivity contribution >= 4 is 23.4 Å². The molecule has 0 spiro atoms. The summed E-state index contributed by atoms with van der Waals surface area (Å²) in [5, 5.41) is 3.44. The van der Waals surface area contributed by atoms with Crippen LogP contribution in [0.4, 0.5) is 0 Å². The molecule has 0 fully saturated rings. The number of carbonyl (C=O) groups is 2. The van der Waals surface area contributed by atoms with E-state index in [1.54, 1.807) is 38.3 Å². The van der Waals surface area contributed by atoms with Crippen molar-refractivity contribution in [3.8, 4) is 11.5 Å². The Kier molecular flexibility index (Phi) is 8.34. The third-order valence-corrected chi connectivity index (χ3v) is 4.51. The first kappa shape index (κ1) is 22.6. The molecule has 0 aliphatic heterocycles. The molecule has 1 atom stereocenters. The molecule has 0 bridgehead atoms. The number of hydrogen-bond acceptors (Lipinski definition) is 4. The third-order valence-electron chi connectivity index (χ3n) is 4.26. The zero-order valence-electron chi connectivity index (χ0n) is 17.1. The number of ether oxygens (including phenoxy) is 2. The van der Waals surface area contributed by atoms with E-state index in [9.17, 15) is 9.59 Å². The Hall–Kier alpha value is -2.73. The molecule has 0 saturated heterocycles. The number of halogens is 1. The monoisotopic (exact) mass is 418 g/mol. The molecule has 2 aromatic rings. The molecule has 2 aromatic carbocycles. The highest BCUT2D eigenvalue weighted by atomic mass is 35.5. The highest BCUT2D eigenvalue weighted by Crippen LogP contribution is 2.18. The van der Waals surface area contributed by atoms with Gasteiger partial charge in [0.05, 0.1) is 7.11 Å². The van der Waals surface area contributed by atoms with Gasteiger partial charge in [0.15, 0.2) is 6.61 Å². The minimum absolute atomic E-state index is 0.0240. The molecule has 29 heavy (non-hydrogen) atoms. The lowest BCUT2D eigenvalue weighted by molar-refractivity contribution is -0.142. The predicted molar refractivity (Wildman–Crippen MR) is 113 cm³/mol. The van der Waals surface area contributed by atoms with Crippen LogP contribution in [0, 0.1) is 0 Å². The first-order valence-corrected chi connectivity index (χ1v) is 9.79. The van der Waals surface area contributed by atoms with E-state index < -0.39 is 6.04 Å². The standard InChI is InChI=1S/C22H27ClN2O4/c1-15(2)24-22(27)16(3)25(13-17-6-5-7-20(12-17)28-4)21(26)14-29-19-10-8-18(23)9-11-19/h5-12,15-16H,13-14H2,1-4H3,(H,24,27). The highest BCUT2D eigenvalue weighted by Gasteiger charge is 2.27. The van der Waals surface area contributed by atoms with Crippen molar-refractivity contribution in [1.82, 2.24) is 10.2 Å². The maximum Gasteiger partial charge on any atom is 0.261 e. The molecule has 0 heterocycles. The number of methoxy groups -OCH3 is 1. The number of nitrogens with one attached hydrogen (secondary N) is 1. The lowest BCUT2D eigenvalue weighted by Gasteiger charge is -2.29. The van der Waals surface area contributed by atoms with Gasteiger partial charge in [-0.2, -0.15) is 0 Å². The second kappa shape index (κ2) is 10.7. The first-order chi connectivity index (χ1) is 13.8. The Bertz CT molecular complexity index is 824. The Morgan fingerprint density at radius 2 is 1.76 bits per heavy atom. The summed E-state index contributed by atoms with van der Waals surface area (Å²) in [4.78, 5) is 27.0. The van der Waals surface area contributed by atoms with Crippen molar-refractivity contribution in [3.63, 3.8) is 0 Å². The van der Waals surface area contributed by atoms with Gasteiger partial charge in [-0.05, 0) is 62.7 Å². The molecule has 1 unspecified atom stereocenters. The first-order valence-electron chi connectivity index (χ1n) is 9.41. The summed E-state index contributed by atoms with van der Waals surface area (Å²) >= 11 is 5.87. The van der Waals surface area contributed by atoms with Crippen LogP contribution in [-0.4, -0.2) is 42.5 Å². The van der Waals surface area contributed by atoms with Gasteiger partial charge < -0.3 is 19.7 Å². The second-order valence-electron chi connectivity index (χ2n) is 6.96. The lowest BCUT2D eigenvalue weighted by Crippen LogP contribution is -2.50. The molecule has 0 aliphatic rings. The zero-order valence-corrected chi connectivity index (χ0v) is 17.9. The van der Waals surface area contributed by atoms with Crippen LogP contribution in [0.5, 0.6) is 11.5 Å². The van der Waals surface area contributed by atoms with Crippen molar-refractivity contribution in [2.24, 2.45) is 0 Å². The van der Waals surface area contributed by atoms with Gasteiger partial charge in [0.1, 0.15) is 17.5 Å². The number of hydrogen-bond donors (Lipinski definition) is 1. The van der Waals surface area contributed by atoms with E-state index in [-0.39, 0.29) is 31.0 Å². The van der Waals surface area contributed by atoms with Crippen molar-refractivity contribution < 1.29 is 19.1 Å². The van der Waals surface area contributed by atoms with E-state index in [0.29, 0.717) is 16.5 Å². The fourth-order valence-electron chi connectivity index (χ4n) is 2.71. The molecule has 2 rings (SSSR count). The molecule has 7 heteroatoms. The minimum Gasteiger partial charge on any atom is -0.497 e. The molecule has 0 radical (unpaired) electrons. The smallest absolute Gasteiger partial charge is 0.261 e. The molecular formula is C22H27ClN2O4. The maximum atomic E-state index is 12.9. The Morgan fingerprint density at radius 1 is 1.07 bits per heavy atom. The van der Waals surface area contributed by atoms with Crippen molar-refractivity contribution in [2.75, 3.05) is 13.7 Å². The topological polar surface area (TPSA) is 67.9 Å². The van der Waals surface area contributed by atoms with Crippen LogP contribution in [0.1, 0.15) is 26.3 Å². The van der Waals surface area contributed by atoms with Gasteiger partial charge in [0.2, 0.25) is 5.91 Å². The largest absolute Gasteiger partial charge is 0.497 e. The summed E-state index contributed by atoms with van der Waals surface area (Å²) in [6.45, 7) is 5.53. The van der Waals surface area contributed by atoms with E-state index in [1.165, 1.54) is 4.90 Å². The van der Waals surface area contributed by atoms with Crippen LogP contribution in [0.2, 0.25) is 5.02 Å². The van der Waals surface area contributed by atoms with Crippen molar-refractivity contribution in [3.05, 3.63) is 59.1 Å². The number of carbonyl (C=O) groups excluding carboxylic acids is 2. The average molecular weight is 419 g/mol. The van der Waals surface area contributed by atoms with Crippen LogP contribution < -0.4 is 14.8 Å². The number of benzene rings is 2. The van der Waals surface area contributed by atoms with Gasteiger partial charge in [-0.1, -0.05) is 23.7 Å². The highest BCUT2D eigenvalue weighted by molar-refractivity contribution is 6.30. The average Bonchev–Trinajstić information content (AvgIpc) is 2.70. The maximum absolute atomic E-state index is 12.9. The van der Waals surface area contributed by atoms with Gasteiger partial charge in [-0.3, -0.25) is 9.59 Å². The number of amides is 2. The molecule has 0 saturated carbocycles. The van der Waals surface area contributed by atoms with E-state index in [1.807, 2.05) is 38.1 Å². The Morgan fingerprint density at radius 3 is 2.38 bits per heavy atom. The Balaban J connectivity index is 2.16. The fourth-order valence-corrected chi connectivity index (χ4v) is 2.84. The lowest BCUT2D eigenvalue weighted by atomic mass is 10.1. The summed E-state index contributed by atoms with van der Waals surface area (Å²) in [5.74, 6) is 0.701.